The van der Waals surface area contributed by atoms with Crippen LogP contribution < -0.4 is 10.7 Å². The predicted molar refractivity (Wildman–Crippen MR) is 75.7 cm³/mol. The predicted octanol–water partition coefficient (Wildman–Crippen LogP) is 2.27. The fourth-order valence-corrected chi connectivity index (χ4v) is 3.73. The molecule has 0 amide bonds. The Morgan fingerprint density at radius 1 is 1.44 bits per heavy atom. The average Bonchev–Trinajstić information content (AvgIpc) is 2.28. The van der Waals surface area contributed by atoms with Gasteiger partial charge in [-0.05, 0) is 29.7 Å². The highest BCUT2D eigenvalue weighted by Gasteiger charge is 2.21. The van der Waals surface area contributed by atoms with Crippen LogP contribution in [0.2, 0.25) is 5.02 Å². The molecule has 1 aromatic heterocycles. The molecule has 0 saturated heterocycles. The summed E-state index contributed by atoms with van der Waals surface area (Å²) in [6.45, 7) is 2.04. The summed E-state index contributed by atoms with van der Waals surface area (Å²) in [4.78, 5) is 15.1. The Hall–Kier alpha value is -1.13. The lowest BCUT2D eigenvalue weighted by Crippen LogP contribution is -2.22. The Morgan fingerprint density at radius 2 is 2.17 bits per heavy atom. The second-order valence-electron chi connectivity index (χ2n) is 4.14. The Balaban J connectivity index is 2.69. The van der Waals surface area contributed by atoms with Crippen molar-refractivity contribution in [2.75, 3.05) is 12.0 Å². The van der Waals surface area contributed by atoms with E-state index in [0.717, 1.165) is 12.2 Å². The van der Waals surface area contributed by atoms with E-state index in [4.69, 9.17) is 11.6 Å². The van der Waals surface area contributed by atoms with Crippen molar-refractivity contribution in [2.45, 2.75) is 18.2 Å². The van der Waals surface area contributed by atoms with Crippen molar-refractivity contribution >= 4 is 33.4 Å². The summed E-state index contributed by atoms with van der Waals surface area (Å²) in [5.41, 5.74) is 0.226. The van der Waals surface area contributed by atoms with E-state index < -0.39 is 0 Å². The van der Waals surface area contributed by atoms with E-state index in [2.05, 4.69) is 4.98 Å². The zero-order valence-corrected chi connectivity index (χ0v) is 11.8. The molecule has 0 aliphatic carbocycles. The third-order valence-electron chi connectivity index (χ3n) is 2.75. The normalized spacial score (nSPS) is 12.8. The van der Waals surface area contributed by atoms with Gasteiger partial charge >= 0.3 is 5.56 Å². The molecular weight excluding hydrogens is 270 g/mol. The van der Waals surface area contributed by atoms with Gasteiger partial charge in [-0.1, -0.05) is 24.6 Å². The maximum Gasteiger partial charge on any atom is 0.303 e. The number of fused-ring (bicyclic) bond motifs is 1. The van der Waals surface area contributed by atoms with Gasteiger partial charge in [-0.15, -0.1) is 0 Å². The van der Waals surface area contributed by atoms with Crippen LogP contribution in [0.3, 0.4) is 0 Å². The van der Waals surface area contributed by atoms with Crippen LogP contribution in [0.4, 0.5) is 0 Å². The van der Waals surface area contributed by atoms with Gasteiger partial charge in [-0.2, -0.15) is 0 Å². The van der Waals surface area contributed by atoms with E-state index in [-0.39, 0.29) is 22.2 Å². The Labute approximate surface area is 113 Å². The summed E-state index contributed by atoms with van der Waals surface area (Å²) in [7, 11) is -0.307. The van der Waals surface area contributed by atoms with E-state index >= 15 is 0 Å². The van der Waals surface area contributed by atoms with Gasteiger partial charge in [-0.25, -0.2) is 0 Å². The van der Waals surface area contributed by atoms with Crippen molar-refractivity contribution < 1.29 is 5.11 Å². The van der Waals surface area contributed by atoms with E-state index in [1.807, 2.05) is 13.2 Å². The quantitative estimate of drug-likeness (QED) is 0.879. The fraction of sp³-hybridized carbons (Fsp3) is 0.308. The van der Waals surface area contributed by atoms with Crippen molar-refractivity contribution in [3.8, 4) is 5.75 Å². The average molecular weight is 284 g/mol. The van der Waals surface area contributed by atoms with E-state index in [1.165, 1.54) is 0 Å². The molecule has 0 bridgehead atoms. The largest absolute Gasteiger partial charge is 0.868 e. The van der Waals surface area contributed by atoms with E-state index in [0.29, 0.717) is 20.8 Å². The minimum atomic E-state index is -0.307. The molecule has 2 aromatic rings. The first-order valence-electron chi connectivity index (χ1n) is 5.69. The van der Waals surface area contributed by atoms with Crippen molar-refractivity contribution in [2.24, 2.45) is 0 Å². The molecule has 1 unspecified atom stereocenters. The van der Waals surface area contributed by atoms with E-state index in [1.54, 1.807) is 18.2 Å². The molecule has 0 spiro atoms. The van der Waals surface area contributed by atoms with Crippen LogP contribution in [0.1, 0.15) is 13.3 Å². The minimum Gasteiger partial charge on any atom is -0.868 e. The highest BCUT2D eigenvalue weighted by Crippen LogP contribution is 2.27. The van der Waals surface area contributed by atoms with Gasteiger partial charge in [0.2, 0.25) is 4.90 Å². The van der Waals surface area contributed by atoms with Crippen LogP contribution in [-0.2, 0) is 10.9 Å². The molecule has 18 heavy (non-hydrogen) atoms. The zero-order valence-electron chi connectivity index (χ0n) is 10.2. The van der Waals surface area contributed by atoms with Crippen LogP contribution in [0.15, 0.2) is 27.9 Å². The Morgan fingerprint density at radius 3 is 2.83 bits per heavy atom. The van der Waals surface area contributed by atoms with Gasteiger partial charge in [0.05, 0.1) is 0 Å². The third-order valence-corrected chi connectivity index (χ3v) is 5.07. The minimum absolute atomic E-state index is 0.162. The number of H-pyrrole nitrogens is 1. The molecule has 2 rings (SSSR count). The van der Waals surface area contributed by atoms with Gasteiger partial charge in [-0.3, -0.25) is 4.79 Å². The standard InChI is InChI=1S/C13H14ClNO2S/c1-3-6-18(2)12-11(16)9-5-4-8(14)7-10(9)15-13(12)17/h4-5,7H,3,6H2,1-2H3,(H-,15,16,17). The molecule has 0 saturated carbocycles. The molecule has 0 aliphatic rings. The molecule has 0 radical (unpaired) electrons. The molecule has 5 heteroatoms. The Bertz CT molecular complexity index is 639. The molecule has 1 N–H and O–H groups in total. The maximum absolute atomic E-state index is 12.3. The van der Waals surface area contributed by atoms with Gasteiger partial charge in [0.25, 0.3) is 0 Å². The SMILES string of the molecule is CCC[S+](C)c1c([O-])c2ccc(Cl)cc2[nH]c1=O. The molecule has 0 aliphatic heterocycles. The van der Waals surface area contributed by atoms with Crippen LogP contribution >= 0.6 is 11.6 Å². The number of aromatic amines is 1. The number of halogens is 1. The maximum atomic E-state index is 12.3. The number of hydrogen-bond acceptors (Lipinski definition) is 2. The first-order chi connectivity index (χ1) is 8.54. The molecule has 96 valence electrons. The third kappa shape index (κ3) is 2.35. The van der Waals surface area contributed by atoms with Gasteiger partial charge in [0.1, 0.15) is 12.0 Å². The topological polar surface area (TPSA) is 55.9 Å². The lowest BCUT2D eigenvalue weighted by molar-refractivity contribution is -0.270. The number of hydrogen-bond donors (Lipinski definition) is 1. The summed E-state index contributed by atoms with van der Waals surface area (Å²) in [6, 6.07) is 4.95. The summed E-state index contributed by atoms with van der Waals surface area (Å²) < 4.78 is 0. The fourth-order valence-electron chi connectivity index (χ4n) is 1.95. The van der Waals surface area contributed by atoms with Gasteiger partial charge in [0.15, 0.2) is 0 Å². The highest BCUT2D eigenvalue weighted by molar-refractivity contribution is 7.96. The van der Waals surface area contributed by atoms with Crippen LogP contribution in [0.5, 0.6) is 5.75 Å². The van der Waals surface area contributed by atoms with Crippen molar-refractivity contribution in [3.63, 3.8) is 0 Å². The van der Waals surface area contributed by atoms with Crippen molar-refractivity contribution in [1.82, 2.24) is 4.98 Å². The van der Waals surface area contributed by atoms with Crippen LogP contribution in [0, 0.1) is 0 Å². The molecule has 1 aromatic carbocycles. The molecule has 1 atom stereocenters. The van der Waals surface area contributed by atoms with E-state index in [9.17, 15) is 9.90 Å². The molecule has 1 heterocycles. The first-order valence-corrected chi connectivity index (χ1v) is 7.87. The lowest BCUT2D eigenvalue weighted by Gasteiger charge is -2.14. The Kier molecular flexibility index (Phi) is 3.88. The van der Waals surface area contributed by atoms with Gasteiger partial charge in [0, 0.05) is 21.4 Å². The number of aromatic nitrogens is 1. The summed E-state index contributed by atoms with van der Waals surface area (Å²) in [5, 5.41) is 13.4. The second kappa shape index (κ2) is 5.24. The van der Waals surface area contributed by atoms with Crippen molar-refractivity contribution in [3.05, 3.63) is 33.6 Å². The number of nitrogens with one attached hydrogen (secondary N) is 1. The smallest absolute Gasteiger partial charge is 0.303 e. The number of rotatable bonds is 3. The van der Waals surface area contributed by atoms with Crippen LogP contribution in [0.25, 0.3) is 10.9 Å². The molecule has 0 fully saturated rings. The summed E-state index contributed by atoms with van der Waals surface area (Å²) >= 11 is 5.85. The monoisotopic (exact) mass is 283 g/mol. The lowest BCUT2D eigenvalue weighted by atomic mass is 10.2. The van der Waals surface area contributed by atoms with Gasteiger partial charge < -0.3 is 10.1 Å². The van der Waals surface area contributed by atoms with Crippen LogP contribution in [-0.4, -0.2) is 17.0 Å². The van der Waals surface area contributed by atoms with Crippen molar-refractivity contribution in [1.29, 1.82) is 0 Å². The number of pyridine rings is 1. The molecular formula is C13H14ClNO2S. The summed E-state index contributed by atoms with van der Waals surface area (Å²) in [5.74, 6) is 0.696. The number of benzene rings is 1. The highest BCUT2D eigenvalue weighted by atomic mass is 35.5. The summed E-state index contributed by atoms with van der Waals surface area (Å²) in [6.07, 6.45) is 2.90. The second-order valence-corrected chi connectivity index (χ2v) is 6.67. The zero-order chi connectivity index (χ0) is 13.3. The molecule has 3 nitrogen and oxygen atoms in total. The first kappa shape index (κ1) is 13.3.